The summed E-state index contributed by atoms with van der Waals surface area (Å²) in [6, 6.07) is 9.00. The van der Waals surface area contributed by atoms with E-state index in [2.05, 4.69) is 4.98 Å². The van der Waals surface area contributed by atoms with Crippen LogP contribution >= 0.6 is 0 Å². The van der Waals surface area contributed by atoms with Gasteiger partial charge in [-0.1, -0.05) is 6.07 Å². The SMILES string of the molecule is CC(=O)c1cccnc1OCc1ccc2c(c1)OCO2. The van der Waals surface area contributed by atoms with Crippen LogP contribution in [-0.4, -0.2) is 17.6 Å². The van der Waals surface area contributed by atoms with Crippen molar-refractivity contribution in [3.05, 3.63) is 47.7 Å². The minimum Gasteiger partial charge on any atom is -0.472 e. The second kappa shape index (κ2) is 5.21. The van der Waals surface area contributed by atoms with E-state index in [1.54, 1.807) is 18.3 Å². The monoisotopic (exact) mass is 271 g/mol. The molecule has 0 atom stereocenters. The van der Waals surface area contributed by atoms with Crippen LogP contribution in [0.3, 0.4) is 0 Å². The molecule has 0 unspecified atom stereocenters. The molecule has 5 nitrogen and oxygen atoms in total. The first-order chi connectivity index (χ1) is 9.74. The number of ketones is 1. The predicted molar refractivity (Wildman–Crippen MR) is 71.1 cm³/mol. The molecule has 0 radical (unpaired) electrons. The molecule has 102 valence electrons. The third-order valence-electron chi connectivity index (χ3n) is 2.96. The highest BCUT2D eigenvalue weighted by Gasteiger charge is 2.14. The van der Waals surface area contributed by atoms with Gasteiger partial charge in [0.2, 0.25) is 12.7 Å². The Labute approximate surface area is 116 Å². The van der Waals surface area contributed by atoms with E-state index in [9.17, 15) is 4.79 Å². The van der Waals surface area contributed by atoms with E-state index in [0.29, 0.717) is 23.8 Å². The van der Waals surface area contributed by atoms with Crippen LogP contribution in [0.25, 0.3) is 0 Å². The fraction of sp³-hybridized carbons (Fsp3) is 0.200. The largest absolute Gasteiger partial charge is 0.472 e. The van der Waals surface area contributed by atoms with E-state index < -0.39 is 0 Å². The fourth-order valence-electron chi connectivity index (χ4n) is 1.96. The first-order valence-corrected chi connectivity index (χ1v) is 6.21. The maximum absolute atomic E-state index is 11.5. The predicted octanol–water partition coefficient (Wildman–Crippen LogP) is 2.59. The number of fused-ring (bicyclic) bond motifs is 1. The summed E-state index contributed by atoms with van der Waals surface area (Å²) in [5.41, 5.74) is 1.41. The summed E-state index contributed by atoms with van der Waals surface area (Å²) in [7, 11) is 0. The molecule has 0 fully saturated rings. The Morgan fingerprint density at radius 1 is 1.30 bits per heavy atom. The lowest BCUT2D eigenvalue weighted by molar-refractivity contribution is 0.101. The number of benzene rings is 1. The van der Waals surface area contributed by atoms with E-state index in [-0.39, 0.29) is 12.6 Å². The van der Waals surface area contributed by atoms with Crippen LogP contribution in [0.1, 0.15) is 22.8 Å². The van der Waals surface area contributed by atoms with Gasteiger partial charge in [0.15, 0.2) is 17.3 Å². The van der Waals surface area contributed by atoms with Crippen molar-refractivity contribution in [2.24, 2.45) is 0 Å². The van der Waals surface area contributed by atoms with Crippen LogP contribution in [-0.2, 0) is 6.61 Å². The van der Waals surface area contributed by atoms with Gasteiger partial charge in [-0.25, -0.2) is 4.98 Å². The zero-order chi connectivity index (χ0) is 13.9. The topological polar surface area (TPSA) is 57.7 Å². The highest BCUT2D eigenvalue weighted by Crippen LogP contribution is 2.32. The number of ether oxygens (including phenoxy) is 3. The molecule has 1 aliphatic rings. The zero-order valence-electron chi connectivity index (χ0n) is 11.0. The number of nitrogens with zero attached hydrogens (tertiary/aromatic N) is 1. The van der Waals surface area contributed by atoms with Gasteiger partial charge >= 0.3 is 0 Å². The van der Waals surface area contributed by atoms with Crippen molar-refractivity contribution in [2.45, 2.75) is 13.5 Å². The van der Waals surface area contributed by atoms with Crippen LogP contribution < -0.4 is 14.2 Å². The molecule has 1 aromatic heterocycles. The van der Waals surface area contributed by atoms with Crippen molar-refractivity contribution < 1.29 is 19.0 Å². The Bertz CT molecular complexity index is 654. The molecule has 0 spiro atoms. The molecule has 2 aromatic rings. The van der Waals surface area contributed by atoms with E-state index in [0.717, 1.165) is 11.3 Å². The number of carbonyl (C=O) groups is 1. The van der Waals surface area contributed by atoms with Gasteiger partial charge in [-0.15, -0.1) is 0 Å². The van der Waals surface area contributed by atoms with Crippen molar-refractivity contribution in [2.75, 3.05) is 6.79 Å². The summed E-state index contributed by atoms with van der Waals surface area (Å²) in [5.74, 6) is 1.71. The maximum atomic E-state index is 11.5. The summed E-state index contributed by atoms with van der Waals surface area (Å²) < 4.78 is 16.2. The second-order valence-electron chi connectivity index (χ2n) is 4.39. The van der Waals surface area contributed by atoms with Gasteiger partial charge in [-0.05, 0) is 36.8 Å². The van der Waals surface area contributed by atoms with Gasteiger partial charge in [-0.2, -0.15) is 0 Å². The van der Waals surface area contributed by atoms with Gasteiger partial charge in [0.05, 0.1) is 5.56 Å². The molecule has 0 amide bonds. The lowest BCUT2D eigenvalue weighted by atomic mass is 10.2. The van der Waals surface area contributed by atoms with E-state index in [1.165, 1.54) is 6.92 Å². The third kappa shape index (κ3) is 2.42. The second-order valence-corrected chi connectivity index (χ2v) is 4.39. The van der Waals surface area contributed by atoms with E-state index in [4.69, 9.17) is 14.2 Å². The molecule has 0 saturated heterocycles. The minimum absolute atomic E-state index is 0.0706. The number of pyridine rings is 1. The molecule has 0 saturated carbocycles. The van der Waals surface area contributed by atoms with Crippen molar-refractivity contribution >= 4 is 5.78 Å². The van der Waals surface area contributed by atoms with E-state index >= 15 is 0 Å². The highest BCUT2D eigenvalue weighted by atomic mass is 16.7. The highest BCUT2D eigenvalue weighted by molar-refractivity contribution is 5.96. The molecule has 0 aliphatic carbocycles. The number of hydrogen-bond donors (Lipinski definition) is 0. The van der Waals surface area contributed by atoms with Gasteiger partial charge in [0.1, 0.15) is 6.61 Å². The molecule has 20 heavy (non-hydrogen) atoms. The summed E-state index contributed by atoms with van der Waals surface area (Å²) in [4.78, 5) is 15.6. The molecular weight excluding hydrogens is 258 g/mol. The van der Waals surface area contributed by atoms with Gasteiger partial charge in [0, 0.05) is 6.20 Å². The Morgan fingerprint density at radius 3 is 3.00 bits per heavy atom. The Kier molecular flexibility index (Phi) is 3.25. The number of hydrogen-bond acceptors (Lipinski definition) is 5. The van der Waals surface area contributed by atoms with Crippen LogP contribution in [0.2, 0.25) is 0 Å². The molecular formula is C15H13NO4. The number of rotatable bonds is 4. The fourth-order valence-corrected chi connectivity index (χ4v) is 1.96. The zero-order valence-corrected chi connectivity index (χ0v) is 11.0. The van der Waals surface area contributed by atoms with Crippen molar-refractivity contribution in [1.82, 2.24) is 4.98 Å². The van der Waals surface area contributed by atoms with Gasteiger partial charge in [-0.3, -0.25) is 4.79 Å². The Hall–Kier alpha value is -2.56. The first kappa shape index (κ1) is 12.5. The quantitative estimate of drug-likeness (QED) is 0.800. The molecule has 1 aliphatic heterocycles. The maximum Gasteiger partial charge on any atom is 0.231 e. The van der Waals surface area contributed by atoms with Gasteiger partial charge < -0.3 is 14.2 Å². The number of Topliss-reactive ketones (excluding diaryl/α,β-unsaturated/α-hetero) is 1. The van der Waals surface area contributed by atoms with Crippen molar-refractivity contribution in [3.63, 3.8) is 0 Å². The van der Waals surface area contributed by atoms with Crippen LogP contribution in [0.4, 0.5) is 0 Å². The molecule has 0 bridgehead atoms. The molecule has 3 rings (SSSR count). The third-order valence-corrected chi connectivity index (χ3v) is 2.96. The average molecular weight is 271 g/mol. The summed E-state index contributed by atoms with van der Waals surface area (Å²) in [6.07, 6.45) is 1.60. The Balaban J connectivity index is 1.75. The van der Waals surface area contributed by atoms with Crippen molar-refractivity contribution in [1.29, 1.82) is 0 Å². The average Bonchev–Trinajstić information content (AvgIpc) is 2.92. The number of carbonyl (C=O) groups excluding carboxylic acids is 1. The first-order valence-electron chi connectivity index (χ1n) is 6.21. The van der Waals surface area contributed by atoms with Gasteiger partial charge in [0.25, 0.3) is 0 Å². The van der Waals surface area contributed by atoms with E-state index in [1.807, 2.05) is 18.2 Å². The molecule has 5 heteroatoms. The Morgan fingerprint density at radius 2 is 2.15 bits per heavy atom. The number of aromatic nitrogens is 1. The van der Waals surface area contributed by atoms with Crippen LogP contribution in [0.5, 0.6) is 17.4 Å². The summed E-state index contributed by atoms with van der Waals surface area (Å²) in [6.45, 7) is 2.05. The van der Waals surface area contributed by atoms with Crippen LogP contribution in [0.15, 0.2) is 36.5 Å². The van der Waals surface area contributed by atoms with Crippen LogP contribution in [0, 0.1) is 0 Å². The summed E-state index contributed by atoms with van der Waals surface area (Å²) in [5, 5.41) is 0. The summed E-state index contributed by atoms with van der Waals surface area (Å²) >= 11 is 0. The molecule has 0 N–H and O–H groups in total. The minimum atomic E-state index is -0.0706. The standard InChI is InChI=1S/C15H13NO4/c1-10(17)12-3-2-6-16-15(12)18-8-11-4-5-13-14(7-11)20-9-19-13/h2-7H,8-9H2,1H3. The normalized spacial score (nSPS) is 12.2. The van der Waals surface area contributed by atoms with Crippen molar-refractivity contribution in [3.8, 4) is 17.4 Å². The smallest absolute Gasteiger partial charge is 0.231 e. The lowest BCUT2D eigenvalue weighted by Gasteiger charge is -2.08. The molecule has 2 heterocycles. The lowest BCUT2D eigenvalue weighted by Crippen LogP contribution is -2.03. The molecule has 1 aromatic carbocycles.